The SMILES string of the molecule is CCc1ccccc1N1C(=NC(=O)NC2CCCC2c2ccc(-c3ncn(-c4ccc(OC(F)(F)F)cc4)n3)cc2)SCCC1C. The summed E-state index contributed by atoms with van der Waals surface area (Å²) >= 11 is 1.63. The van der Waals surface area contributed by atoms with E-state index >= 15 is 0 Å². The van der Waals surface area contributed by atoms with Crippen LogP contribution in [0.4, 0.5) is 23.7 Å². The number of aromatic nitrogens is 3. The Balaban J connectivity index is 1.12. The fourth-order valence-corrected chi connectivity index (χ4v) is 7.39. The lowest BCUT2D eigenvalue weighted by Crippen LogP contribution is -2.43. The molecule has 3 aromatic carbocycles. The Bertz CT molecular complexity index is 1690. The molecule has 2 fully saturated rings. The van der Waals surface area contributed by atoms with Crippen LogP contribution in [0.5, 0.6) is 5.75 Å². The van der Waals surface area contributed by atoms with Crippen LogP contribution in [0.2, 0.25) is 0 Å². The maximum atomic E-state index is 13.3. The number of aliphatic imine (C=N–C) groups is 1. The summed E-state index contributed by atoms with van der Waals surface area (Å²) in [5, 5.41) is 8.45. The van der Waals surface area contributed by atoms with Crippen molar-refractivity contribution in [3.8, 4) is 22.8 Å². The molecule has 6 rings (SSSR count). The zero-order valence-electron chi connectivity index (χ0n) is 25.6. The third-order valence-electron chi connectivity index (χ3n) is 8.49. The van der Waals surface area contributed by atoms with E-state index in [0.29, 0.717) is 11.5 Å². The Labute approximate surface area is 270 Å². The standard InChI is InChI=1S/C34H35F3N6O2S/c1-3-23-7-4-5-10-30(23)43-22(2)19-20-46-33(43)40-32(44)39-29-9-6-8-28(29)24-11-13-25(14-12-24)31-38-21-42(41-31)26-15-17-27(18-16-26)45-34(35,36)37/h4-5,7,10-18,21-22,28-29H,3,6,8-9,19-20H2,1-2H3,(H,39,44). The summed E-state index contributed by atoms with van der Waals surface area (Å²) in [5.74, 6) is 1.27. The number of urea groups is 1. The van der Waals surface area contributed by atoms with Gasteiger partial charge >= 0.3 is 12.4 Å². The quantitative estimate of drug-likeness (QED) is 0.218. The van der Waals surface area contributed by atoms with Crippen molar-refractivity contribution < 1.29 is 22.7 Å². The predicted molar refractivity (Wildman–Crippen MR) is 175 cm³/mol. The van der Waals surface area contributed by atoms with Crippen LogP contribution in [0.25, 0.3) is 17.1 Å². The molecule has 1 aliphatic heterocycles. The lowest BCUT2D eigenvalue weighted by Gasteiger charge is -2.36. The number of rotatable bonds is 7. The zero-order chi connectivity index (χ0) is 32.3. The second kappa shape index (κ2) is 13.6. The van der Waals surface area contributed by atoms with E-state index in [0.717, 1.165) is 59.8 Å². The van der Waals surface area contributed by atoms with Gasteiger partial charge in [-0.1, -0.05) is 67.6 Å². The van der Waals surface area contributed by atoms with Gasteiger partial charge in [0.05, 0.1) is 5.69 Å². The molecule has 0 radical (unpaired) electrons. The number of carbonyl (C=O) groups is 1. The van der Waals surface area contributed by atoms with Crippen molar-refractivity contribution in [2.45, 2.75) is 70.3 Å². The predicted octanol–water partition coefficient (Wildman–Crippen LogP) is 8.13. The highest BCUT2D eigenvalue weighted by Gasteiger charge is 2.32. The van der Waals surface area contributed by atoms with Crippen LogP contribution in [-0.4, -0.2) is 50.2 Å². The number of nitrogens with zero attached hydrogens (tertiary/aromatic N) is 5. The Kier molecular flexibility index (Phi) is 9.34. The van der Waals surface area contributed by atoms with Crippen LogP contribution in [0.3, 0.4) is 0 Å². The van der Waals surface area contributed by atoms with E-state index in [1.165, 1.54) is 40.8 Å². The third kappa shape index (κ3) is 7.22. The van der Waals surface area contributed by atoms with E-state index in [1.54, 1.807) is 11.8 Å². The van der Waals surface area contributed by atoms with Crippen molar-refractivity contribution in [3.05, 3.63) is 90.3 Å². The lowest BCUT2D eigenvalue weighted by molar-refractivity contribution is -0.274. The van der Waals surface area contributed by atoms with Crippen molar-refractivity contribution in [2.75, 3.05) is 10.7 Å². The number of thioether (sulfide) groups is 1. The molecule has 1 N–H and O–H groups in total. The van der Waals surface area contributed by atoms with E-state index in [9.17, 15) is 18.0 Å². The molecule has 12 heteroatoms. The molecule has 2 heterocycles. The summed E-state index contributed by atoms with van der Waals surface area (Å²) in [6.45, 7) is 4.33. The number of amides is 2. The molecule has 2 aliphatic rings. The highest BCUT2D eigenvalue weighted by atomic mass is 32.2. The number of halogens is 3. The van der Waals surface area contributed by atoms with Gasteiger partial charge in [0.1, 0.15) is 12.1 Å². The van der Waals surface area contributed by atoms with Gasteiger partial charge in [-0.05, 0) is 74.1 Å². The molecule has 1 saturated heterocycles. The molecule has 46 heavy (non-hydrogen) atoms. The number of benzene rings is 3. The number of nitrogens with one attached hydrogen (secondary N) is 1. The van der Waals surface area contributed by atoms with Crippen LogP contribution in [0, 0.1) is 0 Å². The van der Waals surface area contributed by atoms with Gasteiger partial charge < -0.3 is 15.0 Å². The van der Waals surface area contributed by atoms with E-state index < -0.39 is 6.36 Å². The maximum Gasteiger partial charge on any atom is 0.573 e. The van der Waals surface area contributed by atoms with Crippen molar-refractivity contribution >= 4 is 28.6 Å². The van der Waals surface area contributed by atoms with Crippen molar-refractivity contribution in [2.24, 2.45) is 4.99 Å². The molecule has 4 aromatic rings. The smallest absolute Gasteiger partial charge is 0.406 e. The highest BCUT2D eigenvalue weighted by molar-refractivity contribution is 8.14. The summed E-state index contributed by atoms with van der Waals surface area (Å²) < 4.78 is 42.8. The molecule has 2 amide bonds. The largest absolute Gasteiger partial charge is 0.573 e. The molecule has 1 saturated carbocycles. The third-order valence-corrected chi connectivity index (χ3v) is 9.48. The van der Waals surface area contributed by atoms with Crippen molar-refractivity contribution in [3.63, 3.8) is 0 Å². The summed E-state index contributed by atoms with van der Waals surface area (Å²) in [4.78, 5) is 24.5. The Hall–Kier alpha value is -4.32. The highest BCUT2D eigenvalue weighted by Crippen LogP contribution is 2.36. The number of alkyl halides is 3. The van der Waals surface area contributed by atoms with Crippen molar-refractivity contribution in [1.29, 1.82) is 0 Å². The van der Waals surface area contributed by atoms with Gasteiger partial charge in [-0.25, -0.2) is 14.5 Å². The van der Waals surface area contributed by atoms with Gasteiger partial charge in [0.2, 0.25) is 0 Å². The summed E-state index contributed by atoms with van der Waals surface area (Å²) in [6.07, 6.45) is 1.55. The van der Waals surface area contributed by atoms with Gasteiger partial charge in [0, 0.05) is 35.0 Å². The second-order valence-corrected chi connectivity index (χ2v) is 12.6. The molecule has 0 bridgehead atoms. The number of ether oxygens (including phenoxy) is 1. The molecule has 8 nitrogen and oxygen atoms in total. The van der Waals surface area contributed by atoms with Crippen molar-refractivity contribution in [1.82, 2.24) is 20.1 Å². The molecular formula is C34H35F3N6O2S. The minimum atomic E-state index is -4.75. The minimum absolute atomic E-state index is 0.0216. The molecule has 240 valence electrons. The number of hydrogen-bond acceptors (Lipinski definition) is 5. The number of para-hydroxylation sites is 1. The van der Waals surface area contributed by atoms with E-state index in [2.05, 4.69) is 56.0 Å². The maximum absolute atomic E-state index is 13.3. The summed E-state index contributed by atoms with van der Waals surface area (Å²) in [5.41, 5.74) is 4.83. The van der Waals surface area contributed by atoms with Crippen LogP contribution >= 0.6 is 11.8 Å². The molecule has 3 unspecified atom stereocenters. The van der Waals surface area contributed by atoms with E-state index in [-0.39, 0.29) is 29.8 Å². The fraction of sp³-hybridized carbons (Fsp3) is 0.353. The number of anilines is 1. The van der Waals surface area contributed by atoms with E-state index in [4.69, 9.17) is 0 Å². The zero-order valence-corrected chi connectivity index (χ0v) is 26.4. The first-order chi connectivity index (χ1) is 22.2. The van der Waals surface area contributed by atoms with Gasteiger partial charge in [-0.2, -0.15) is 4.99 Å². The Morgan fingerprint density at radius 2 is 1.80 bits per heavy atom. The normalized spacial score (nSPS) is 21.0. The molecule has 1 aromatic heterocycles. The second-order valence-electron chi connectivity index (χ2n) is 11.5. The average Bonchev–Trinajstić information content (AvgIpc) is 3.71. The average molecular weight is 649 g/mol. The first-order valence-electron chi connectivity index (χ1n) is 15.5. The Morgan fingerprint density at radius 3 is 2.54 bits per heavy atom. The Morgan fingerprint density at radius 1 is 1.04 bits per heavy atom. The number of aryl methyl sites for hydroxylation is 1. The number of amidine groups is 1. The van der Waals surface area contributed by atoms with Crippen LogP contribution in [-0.2, 0) is 6.42 Å². The summed E-state index contributed by atoms with van der Waals surface area (Å²) in [6, 6.07) is 21.7. The minimum Gasteiger partial charge on any atom is -0.406 e. The fourth-order valence-electron chi connectivity index (χ4n) is 6.19. The molecule has 0 spiro atoms. The topological polar surface area (TPSA) is 84.6 Å². The first-order valence-corrected chi connectivity index (χ1v) is 16.4. The van der Waals surface area contributed by atoms with Gasteiger partial charge in [0.15, 0.2) is 11.0 Å². The molecule has 3 atom stereocenters. The van der Waals surface area contributed by atoms with Crippen LogP contribution < -0.4 is 15.0 Å². The monoisotopic (exact) mass is 648 g/mol. The van der Waals surface area contributed by atoms with Crippen LogP contribution in [0.15, 0.2) is 84.1 Å². The van der Waals surface area contributed by atoms with Crippen LogP contribution in [0.1, 0.15) is 56.6 Å². The van der Waals surface area contributed by atoms with Gasteiger partial charge in [-0.3, -0.25) is 0 Å². The van der Waals surface area contributed by atoms with E-state index in [1.807, 2.05) is 36.4 Å². The number of hydrogen-bond donors (Lipinski definition) is 1. The lowest BCUT2D eigenvalue weighted by atomic mass is 9.93. The van der Waals surface area contributed by atoms with Gasteiger partial charge in [-0.15, -0.1) is 18.3 Å². The summed E-state index contributed by atoms with van der Waals surface area (Å²) in [7, 11) is 0. The molecular weight excluding hydrogens is 613 g/mol. The number of carbonyl (C=O) groups excluding carboxylic acids is 1. The first kappa shape index (κ1) is 31.7. The van der Waals surface area contributed by atoms with Gasteiger partial charge in [0.25, 0.3) is 0 Å². The molecule has 1 aliphatic carbocycles.